The van der Waals surface area contributed by atoms with Gasteiger partial charge in [0.25, 0.3) is 0 Å². The second-order valence-corrected chi connectivity index (χ2v) is 6.24. The van der Waals surface area contributed by atoms with Crippen LogP contribution in [0.4, 0.5) is 0 Å². The Morgan fingerprint density at radius 3 is 2.19 bits per heavy atom. The molecule has 3 nitrogen and oxygen atoms in total. The van der Waals surface area contributed by atoms with Gasteiger partial charge >= 0.3 is 0 Å². The predicted octanol–water partition coefficient (Wildman–Crippen LogP) is 5.55. The SMILES string of the molecule is COc1cccc(CNC(C)c2ccccc2)c1OCc1ccccc1.Cl. The molecular formula is C23H26ClNO2. The molecule has 142 valence electrons. The Labute approximate surface area is 167 Å². The van der Waals surface area contributed by atoms with Crippen molar-refractivity contribution in [1.82, 2.24) is 5.32 Å². The maximum Gasteiger partial charge on any atom is 0.166 e. The number of rotatable bonds is 8. The van der Waals surface area contributed by atoms with E-state index in [4.69, 9.17) is 9.47 Å². The third kappa shape index (κ3) is 5.75. The van der Waals surface area contributed by atoms with Crippen molar-refractivity contribution in [3.8, 4) is 11.5 Å². The molecule has 1 atom stereocenters. The van der Waals surface area contributed by atoms with Crippen LogP contribution < -0.4 is 14.8 Å². The van der Waals surface area contributed by atoms with Crippen LogP contribution in [0.25, 0.3) is 0 Å². The summed E-state index contributed by atoms with van der Waals surface area (Å²) in [5, 5.41) is 3.57. The Morgan fingerprint density at radius 1 is 0.852 bits per heavy atom. The number of methoxy groups -OCH3 is 1. The first-order chi connectivity index (χ1) is 12.8. The van der Waals surface area contributed by atoms with Gasteiger partial charge in [0.2, 0.25) is 0 Å². The summed E-state index contributed by atoms with van der Waals surface area (Å²) in [5.41, 5.74) is 3.49. The Hall–Kier alpha value is -2.49. The van der Waals surface area contributed by atoms with Crippen LogP contribution in [0, 0.1) is 0 Å². The Balaban J connectivity index is 0.00000261. The largest absolute Gasteiger partial charge is 0.493 e. The van der Waals surface area contributed by atoms with Crippen molar-refractivity contribution in [2.24, 2.45) is 0 Å². The topological polar surface area (TPSA) is 30.5 Å². The van der Waals surface area contributed by atoms with Gasteiger partial charge < -0.3 is 14.8 Å². The van der Waals surface area contributed by atoms with Gasteiger partial charge in [-0.1, -0.05) is 72.8 Å². The molecule has 0 aliphatic rings. The smallest absolute Gasteiger partial charge is 0.166 e. The Kier molecular flexibility index (Phi) is 8.18. The van der Waals surface area contributed by atoms with Crippen molar-refractivity contribution in [1.29, 1.82) is 0 Å². The van der Waals surface area contributed by atoms with Gasteiger partial charge in [0.15, 0.2) is 11.5 Å². The zero-order valence-corrected chi connectivity index (χ0v) is 16.5. The van der Waals surface area contributed by atoms with Gasteiger partial charge in [0.05, 0.1) is 7.11 Å². The monoisotopic (exact) mass is 383 g/mol. The molecule has 0 spiro atoms. The second kappa shape index (κ2) is 10.6. The van der Waals surface area contributed by atoms with Gasteiger partial charge in [-0.25, -0.2) is 0 Å². The molecule has 0 saturated carbocycles. The Bertz CT molecular complexity index is 809. The first-order valence-corrected chi connectivity index (χ1v) is 8.89. The fraction of sp³-hybridized carbons (Fsp3) is 0.217. The molecule has 0 fully saturated rings. The summed E-state index contributed by atoms with van der Waals surface area (Å²) in [6, 6.07) is 26.9. The zero-order valence-electron chi connectivity index (χ0n) is 15.7. The minimum absolute atomic E-state index is 0. The Morgan fingerprint density at radius 2 is 1.52 bits per heavy atom. The van der Waals surface area contributed by atoms with E-state index in [0.717, 1.165) is 22.6 Å². The number of benzene rings is 3. The minimum Gasteiger partial charge on any atom is -0.493 e. The van der Waals surface area contributed by atoms with Gasteiger partial charge in [-0.3, -0.25) is 0 Å². The van der Waals surface area contributed by atoms with Gasteiger partial charge in [0, 0.05) is 18.2 Å². The van der Waals surface area contributed by atoms with Crippen molar-refractivity contribution in [3.05, 3.63) is 95.6 Å². The van der Waals surface area contributed by atoms with Crippen molar-refractivity contribution in [2.45, 2.75) is 26.1 Å². The molecule has 0 radical (unpaired) electrons. The van der Waals surface area contributed by atoms with Gasteiger partial charge in [-0.05, 0) is 24.1 Å². The van der Waals surface area contributed by atoms with Crippen LogP contribution in [-0.4, -0.2) is 7.11 Å². The highest BCUT2D eigenvalue weighted by Crippen LogP contribution is 2.32. The molecule has 27 heavy (non-hydrogen) atoms. The summed E-state index contributed by atoms with van der Waals surface area (Å²) >= 11 is 0. The van der Waals surface area contributed by atoms with Gasteiger partial charge in [-0.15, -0.1) is 12.4 Å². The summed E-state index contributed by atoms with van der Waals surface area (Å²) in [7, 11) is 1.68. The molecular weight excluding hydrogens is 358 g/mol. The van der Waals surface area contributed by atoms with Crippen LogP contribution in [0.1, 0.15) is 29.7 Å². The summed E-state index contributed by atoms with van der Waals surface area (Å²) in [6.07, 6.45) is 0. The molecule has 4 heteroatoms. The van der Waals surface area contributed by atoms with E-state index >= 15 is 0 Å². The van der Waals surface area contributed by atoms with E-state index in [1.165, 1.54) is 5.56 Å². The highest BCUT2D eigenvalue weighted by Gasteiger charge is 2.12. The zero-order chi connectivity index (χ0) is 18.2. The molecule has 0 amide bonds. The molecule has 0 aromatic heterocycles. The average molecular weight is 384 g/mol. The summed E-state index contributed by atoms with van der Waals surface area (Å²) in [6.45, 7) is 3.39. The molecule has 3 aromatic rings. The molecule has 1 N–H and O–H groups in total. The normalized spacial score (nSPS) is 11.3. The number of para-hydroxylation sites is 1. The van der Waals surface area contributed by atoms with E-state index in [-0.39, 0.29) is 18.4 Å². The molecule has 0 heterocycles. The molecule has 0 aliphatic carbocycles. The van der Waals surface area contributed by atoms with E-state index in [9.17, 15) is 0 Å². The fourth-order valence-electron chi connectivity index (χ4n) is 2.88. The highest BCUT2D eigenvalue weighted by molar-refractivity contribution is 5.85. The predicted molar refractivity (Wildman–Crippen MR) is 113 cm³/mol. The van der Waals surface area contributed by atoms with Crippen LogP contribution in [0.5, 0.6) is 11.5 Å². The van der Waals surface area contributed by atoms with Crippen LogP contribution in [0.15, 0.2) is 78.9 Å². The number of hydrogen-bond acceptors (Lipinski definition) is 3. The van der Waals surface area contributed by atoms with Gasteiger partial charge in [0.1, 0.15) is 6.61 Å². The number of halogens is 1. The lowest BCUT2D eigenvalue weighted by atomic mass is 10.1. The summed E-state index contributed by atoms with van der Waals surface area (Å²) in [5.74, 6) is 1.55. The standard InChI is InChI=1S/C23H25NO2.ClH/c1-18(20-12-7-4-8-13-20)24-16-21-14-9-15-22(25-2)23(21)26-17-19-10-5-3-6-11-19;/h3-15,18,24H,16-17H2,1-2H3;1H. The number of hydrogen-bond donors (Lipinski definition) is 1. The second-order valence-electron chi connectivity index (χ2n) is 6.24. The van der Waals surface area contributed by atoms with Crippen LogP contribution >= 0.6 is 12.4 Å². The van der Waals surface area contributed by atoms with Crippen molar-refractivity contribution in [2.75, 3.05) is 7.11 Å². The maximum absolute atomic E-state index is 6.12. The van der Waals surface area contributed by atoms with Gasteiger partial charge in [-0.2, -0.15) is 0 Å². The van der Waals surface area contributed by atoms with Crippen molar-refractivity contribution in [3.63, 3.8) is 0 Å². The fourth-order valence-corrected chi connectivity index (χ4v) is 2.88. The van der Waals surface area contributed by atoms with Crippen molar-refractivity contribution < 1.29 is 9.47 Å². The third-order valence-corrected chi connectivity index (χ3v) is 4.40. The first kappa shape index (κ1) is 20.8. The van der Waals surface area contributed by atoms with E-state index < -0.39 is 0 Å². The van der Waals surface area contributed by atoms with E-state index in [2.05, 4.69) is 54.7 Å². The lowest BCUT2D eigenvalue weighted by Crippen LogP contribution is -2.18. The lowest BCUT2D eigenvalue weighted by Gasteiger charge is -2.18. The lowest BCUT2D eigenvalue weighted by molar-refractivity contribution is 0.280. The molecule has 0 saturated heterocycles. The first-order valence-electron chi connectivity index (χ1n) is 8.89. The maximum atomic E-state index is 6.12. The minimum atomic E-state index is 0. The molecule has 0 aliphatic heterocycles. The third-order valence-electron chi connectivity index (χ3n) is 4.40. The molecule has 3 rings (SSSR count). The number of ether oxygens (including phenoxy) is 2. The van der Waals surface area contributed by atoms with Crippen LogP contribution in [0.2, 0.25) is 0 Å². The average Bonchev–Trinajstić information content (AvgIpc) is 2.72. The van der Waals surface area contributed by atoms with E-state index in [0.29, 0.717) is 13.2 Å². The molecule has 3 aromatic carbocycles. The summed E-state index contributed by atoms with van der Waals surface area (Å²) < 4.78 is 11.6. The molecule has 0 bridgehead atoms. The highest BCUT2D eigenvalue weighted by atomic mass is 35.5. The molecule has 1 unspecified atom stereocenters. The van der Waals surface area contributed by atoms with E-state index in [1.807, 2.05) is 36.4 Å². The van der Waals surface area contributed by atoms with E-state index in [1.54, 1.807) is 7.11 Å². The quantitative estimate of drug-likeness (QED) is 0.553. The van der Waals surface area contributed by atoms with Crippen LogP contribution in [-0.2, 0) is 13.2 Å². The van der Waals surface area contributed by atoms with Crippen LogP contribution in [0.3, 0.4) is 0 Å². The van der Waals surface area contributed by atoms with Crippen molar-refractivity contribution >= 4 is 12.4 Å². The summed E-state index contributed by atoms with van der Waals surface area (Å²) in [4.78, 5) is 0. The number of nitrogens with one attached hydrogen (secondary N) is 1.